The van der Waals surface area contributed by atoms with Crippen molar-refractivity contribution in [2.75, 3.05) is 38.7 Å². The van der Waals surface area contributed by atoms with Crippen molar-refractivity contribution >= 4 is 22.5 Å². The highest BCUT2D eigenvalue weighted by molar-refractivity contribution is 6.05. The first-order valence-corrected chi connectivity index (χ1v) is 10.6. The number of methoxy groups -OCH3 is 1. The van der Waals surface area contributed by atoms with E-state index in [1.54, 1.807) is 12.1 Å². The molecule has 1 aliphatic rings. The summed E-state index contributed by atoms with van der Waals surface area (Å²) in [4.78, 5) is 16.2. The third kappa shape index (κ3) is 5.42. The molecule has 1 saturated heterocycles. The molecule has 2 aromatic heterocycles. The van der Waals surface area contributed by atoms with E-state index in [9.17, 15) is 18.0 Å². The van der Waals surface area contributed by atoms with Crippen LogP contribution in [-0.4, -0.2) is 54.1 Å². The number of carbonyl (C=O) groups excluding carboxylic acids is 1. The fraction of sp³-hybridized carbons (Fsp3) is 0.409. The van der Waals surface area contributed by atoms with Crippen LogP contribution < -0.4 is 15.4 Å². The minimum Gasteiger partial charge on any atom is -0.489 e. The van der Waals surface area contributed by atoms with Crippen LogP contribution in [-0.2, 0) is 10.9 Å². The second-order valence-corrected chi connectivity index (χ2v) is 7.70. The molecule has 1 fully saturated rings. The van der Waals surface area contributed by atoms with Crippen molar-refractivity contribution < 1.29 is 27.4 Å². The van der Waals surface area contributed by atoms with E-state index in [1.165, 1.54) is 13.2 Å². The molecule has 0 saturated carbocycles. The Morgan fingerprint density at radius 2 is 2.03 bits per heavy atom. The summed E-state index contributed by atoms with van der Waals surface area (Å²) in [6.07, 6.45) is -0.832. The van der Waals surface area contributed by atoms with Crippen molar-refractivity contribution in [2.24, 2.45) is 0 Å². The second kappa shape index (κ2) is 9.75. The Labute approximate surface area is 188 Å². The van der Waals surface area contributed by atoms with Crippen LogP contribution in [0.3, 0.4) is 0 Å². The Bertz CT molecular complexity index is 1130. The number of rotatable bonds is 7. The van der Waals surface area contributed by atoms with Gasteiger partial charge in [-0.1, -0.05) is 6.07 Å². The Morgan fingerprint density at radius 3 is 2.76 bits per heavy atom. The molecule has 33 heavy (non-hydrogen) atoms. The summed E-state index contributed by atoms with van der Waals surface area (Å²) >= 11 is 0. The number of nitrogens with one attached hydrogen (secondary N) is 2. The van der Waals surface area contributed by atoms with Gasteiger partial charge in [-0.05, 0) is 44.1 Å². The Kier molecular flexibility index (Phi) is 6.80. The molecule has 0 radical (unpaired) electrons. The summed E-state index contributed by atoms with van der Waals surface area (Å²) in [5.41, 5.74) is -0.479. The second-order valence-electron chi connectivity index (χ2n) is 7.70. The molecule has 1 aromatic carbocycles. The first-order chi connectivity index (χ1) is 15.8. The average molecular weight is 463 g/mol. The van der Waals surface area contributed by atoms with Crippen LogP contribution in [0.2, 0.25) is 0 Å². The van der Waals surface area contributed by atoms with Crippen LogP contribution in [0.1, 0.15) is 35.1 Å². The van der Waals surface area contributed by atoms with E-state index in [2.05, 4.69) is 20.7 Å². The van der Waals surface area contributed by atoms with E-state index in [0.29, 0.717) is 23.6 Å². The predicted octanol–water partition coefficient (Wildman–Crippen LogP) is 3.65. The number of carbonyl (C=O) groups is 1. The topological polar surface area (TPSA) is 90.3 Å². The van der Waals surface area contributed by atoms with E-state index in [4.69, 9.17) is 9.47 Å². The predicted molar refractivity (Wildman–Crippen MR) is 115 cm³/mol. The summed E-state index contributed by atoms with van der Waals surface area (Å²) in [6, 6.07) is 6.86. The fourth-order valence-electron chi connectivity index (χ4n) is 3.69. The number of benzene rings is 1. The van der Waals surface area contributed by atoms with Crippen LogP contribution >= 0.6 is 0 Å². The highest BCUT2D eigenvalue weighted by Gasteiger charge is 2.33. The van der Waals surface area contributed by atoms with Gasteiger partial charge in [0.05, 0.1) is 23.9 Å². The van der Waals surface area contributed by atoms with Gasteiger partial charge >= 0.3 is 6.18 Å². The lowest BCUT2D eigenvalue weighted by atomic mass is 10.1. The molecule has 4 rings (SSSR count). The molecule has 176 valence electrons. The number of hydrogen-bond acceptors (Lipinski definition) is 6. The van der Waals surface area contributed by atoms with E-state index < -0.39 is 17.8 Å². The van der Waals surface area contributed by atoms with Gasteiger partial charge in [-0.2, -0.15) is 18.3 Å². The molecule has 1 aliphatic heterocycles. The molecule has 0 unspecified atom stereocenters. The molecule has 0 aliphatic carbocycles. The molecular formula is C22H24F3N5O3. The lowest BCUT2D eigenvalue weighted by molar-refractivity contribution is -0.141. The standard InChI is InChI=1S/C22H24F3N5O3/c1-32-9-10-33-19-12-17-14(13-30(29-17)15-5-7-26-8-6-15)11-18(19)28-21(31)16-3-2-4-20(27-16)22(23,24)25/h2-4,11-13,15,26H,5-10H2,1H3,(H,28,31). The molecule has 3 heterocycles. The number of aromatic nitrogens is 3. The highest BCUT2D eigenvalue weighted by Crippen LogP contribution is 2.32. The lowest BCUT2D eigenvalue weighted by Gasteiger charge is -2.22. The minimum absolute atomic E-state index is 0.224. The minimum atomic E-state index is -4.65. The Hall–Kier alpha value is -3.18. The van der Waals surface area contributed by atoms with Gasteiger partial charge < -0.3 is 20.1 Å². The van der Waals surface area contributed by atoms with Crippen molar-refractivity contribution in [3.63, 3.8) is 0 Å². The number of hydrogen-bond donors (Lipinski definition) is 2. The molecular weight excluding hydrogens is 439 g/mol. The molecule has 2 N–H and O–H groups in total. The van der Waals surface area contributed by atoms with Gasteiger partial charge in [-0.3, -0.25) is 9.48 Å². The van der Waals surface area contributed by atoms with Crippen LogP contribution in [0.5, 0.6) is 5.75 Å². The first-order valence-electron chi connectivity index (χ1n) is 10.6. The number of ether oxygens (including phenoxy) is 2. The molecule has 3 aromatic rings. The average Bonchev–Trinajstić information content (AvgIpc) is 3.22. The van der Waals surface area contributed by atoms with Crippen molar-refractivity contribution in [3.8, 4) is 5.75 Å². The van der Waals surface area contributed by atoms with E-state index in [1.807, 2.05) is 10.9 Å². The number of nitrogens with zero attached hydrogens (tertiary/aromatic N) is 3. The van der Waals surface area contributed by atoms with Crippen LogP contribution in [0.15, 0.2) is 36.5 Å². The summed E-state index contributed by atoms with van der Waals surface area (Å²) in [5.74, 6) is -0.432. The molecule has 0 atom stereocenters. The monoisotopic (exact) mass is 463 g/mol. The molecule has 11 heteroatoms. The van der Waals surface area contributed by atoms with Gasteiger partial charge in [-0.15, -0.1) is 0 Å². The van der Waals surface area contributed by atoms with Crippen molar-refractivity contribution in [1.29, 1.82) is 0 Å². The SMILES string of the molecule is COCCOc1cc2nn(C3CCNCC3)cc2cc1NC(=O)c1cccc(C(F)(F)F)n1. The van der Waals surface area contributed by atoms with Crippen molar-refractivity contribution in [3.05, 3.63) is 47.9 Å². The van der Waals surface area contributed by atoms with Gasteiger partial charge in [-0.25, -0.2) is 4.98 Å². The van der Waals surface area contributed by atoms with Gasteiger partial charge in [0.2, 0.25) is 0 Å². The number of piperidine rings is 1. The zero-order valence-corrected chi connectivity index (χ0v) is 18.0. The van der Waals surface area contributed by atoms with Crippen LogP contribution in [0, 0.1) is 0 Å². The van der Waals surface area contributed by atoms with Crippen LogP contribution in [0.4, 0.5) is 18.9 Å². The molecule has 0 spiro atoms. The van der Waals surface area contributed by atoms with E-state index in [0.717, 1.165) is 43.5 Å². The zero-order valence-electron chi connectivity index (χ0n) is 18.0. The number of pyridine rings is 1. The van der Waals surface area contributed by atoms with Crippen molar-refractivity contribution in [2.45, 2.75) is 25.1 Å². The number of fused-ring (bicyclic) bond motifs is 1. The fourth-order valence-corrected chi connectivity index (χ4v) is 3.69. The third-order valence-corrected chi connectivity index (χ3v) is 5.37. The Balaban J connectivity index is 1.63. The molecule has 1 amide bonds. The maximum absolute atomic E-state index is 13.0. The lowest BCUT2D eigenvalue weighted by Crippen LogP contribution is -2.29. The first kappa shape index (κ1) is 23.0. The van der Waals surface area contributed by atoms with E-state index in [-0.39, 0.29) is 18.3 Å². The van der Waals surface area contributed by atoms with Gasteiger partial charge in [0.25, 0.3) is 5.91 Å². The largest absolute Gasteiger partial charge is 0.489 e. The van der Waals surface area contributed by atoms with Gasteiger partial charge in [0.1, 0.15) is 23.7 Å². The molecule has 8 nitrogen and oxygen atoms in total. The highest BCUT2D eigenvalue weighted by atomic mass is 19.4. The normalized spacial score (nSPS) is 15.0. The van der Waals surface area contributed by atoms with Gasteiger partial charge in [0.15, 0.2) is 0 Å². The third-order valence-electron chi connectivity index (χ3n) is 5.37. The van der Waals surface area contributed by atoms with Crippen molar-refractivity contribution in [1.82, 2.24) is 20.1 Å². The van der Waals surface area contributed by atoms with Crippen LogP contribution in [0.25, 0.3) is 10.9 Å². The maximum Gasteiger partial charge on any atom is 0.433 e. The smallest absolute Gasteiger partial charge is 0.433 e. The summed E-state index contributed by atoms with van der Waals surface area (Å²) in [5, 5.41) is 11.4. The number of alkyl halides is 3. The maximum atomic E-state index is 13.0. The number of anilines is 1. The molecule has 0 bridgehead atoms. The Morgan fingerprint density at radius 1 is 1.24 bits per heavy atom. The summed E-state index contributed by atoms with van der Waals surface area (Å²) in [6.45, 7) is 2.38. The zero-order chi connectivity index (χ0) is 23.4. The number of halogens is 3. The van der Waals surface area contributed by atoms with E-state index >= 15 is 0 Å². The summed E-state index contributed by atoms with van der Waals surface area (Å²) in [7, 11) is 1.54. The summed E-state index contributed by atoms with van der Waals surface area (Å²) < 4.78 is 51.7. The number of amides is 1. The quantitative estimate of drug-likeness (QED) is 0.520. The van der Waals surface area contributed by atoms with Gasteiger partial charge in [0, 0.05) is 24.8 Å².